The second-order valence-electron chi connectivity index (χ2n) is 13.0. The molecule has 43 heavy (non-hydrogen) atoms. The number of rotatable bonds is 14. The van der Waals surface area contributed by atoms with Crippen molar-refractivity contribution in [3.63, 3.8) is 0 Å². The van der Waals surface area contributed by atoms with Gasteiger partial charge in [-0.1, -0.05) is 55.8 Å². The van der Waals surface area contributed by atoms with E-state index in [1.807, 2.05) is 0 Å². The van der Waals surface area contributed by atoms with Crippen LogP contribution in [0, 0.1) is 5.92 Å². The van der Waals surface area contributed by atoms with Crippen LogP contribution in [-0.2, 0) is 22.5 Å². The Hall–Kier alpha value is -3.04. The molecule has 0 radical (unpaired) electrons. The molecule has 2 atom stereocenters. The van der Waals surface area contributed by atoms with Gasteiger partial charge in [-0.05, 0) is 54.5 Å². The number of carbonyl (C=O) groups is 1. The summed E-state index contributed by atoms with van der Waals surface area (Å²) in [5.74, 6) is 0.465. The van der Waals surface area contributed by atoms with Crippen molar-refractivity contribution in [2.45, 2.75) is 45.2 Å². The molecule has 1 aromatic heterocycles. The molecule has 2 aliphatic rings. The number of aromatic nitrogens is 1. The molecule has 0 aliphatic carbocycles. The number of benzene rings is 2. The van der Waals surface area contributed by atoms with Gasteiger partial charge in [0.1, 0.15) is 13.2 Å². The van der Waals surface area contributed by atoms with Crippen molar-refractivity contribution in [2.24, 2.45) is 11.7 Å². The Morgan fingerprint density at radius 2 is 1.88 bits per heavy atom. The van der Waals surface area contributed by atoms with Gasteiger partial charge in [0.15, 0.2) is 0 Å². The van der Waals surface area contributed by atoms with Crippen LogP contribution in [0.5, 0.6) is 5.88 Å². The molecule has 8 nitrogen and oxygen atoms in total. The second kappa shape index (κ2) is 14.6. The number of likely N-dealkylation sites (tertiary alicyclic amines) is 1. The molecule has 3 aromatic rings. The summed E-state index contributed by atoms with van der Waals surface area (Å²) in [4.78, 5) is 21.9. The van der Waals surface area contributed by atoms with E-state index in [1.54, 1.807) is 0 Å². The SMILES string of the molecule is CCCCc1cc2ccccc2c(OCC[N+](C)(C)CC(c2ccc(CN3CCOCC3)cc2)N2CCC(C(N)=O)C2)n1. The summed E-state index contributed by atoms with van der Waals surface area (Å²) >= 11 is 0. The number of ether oxygens (including phenoxy) is 2. The van der Waals surface area contributed by atoms with Crippen molar-refractivity contribution < 1.29 is 18.8 Å². The average Bonchev–Trinajstić information content (AvgIpc) is 3.51. The Kier molecular flexibility index (Phi) is 10.7. The molecule has 2 saturated heterocycles. The number of nitrogens with zero attached hydrogens (tertiary/aromatic N) is 4. The zero-order chi connectivity index (χ0) is 30.2. The number of carbonyl (C=O) groups excluding carboxylic acids is 1. The van der Waals surface area contributed by atoms with Crippen LogP contribution in [0.2, 0.25) is 0 Å². The van der Waals surface area contributed by atoms with Crippen molar-refractivity contribution in [3.8, 4) is 5.88 Å². The van der Waals surface area contributed by atoms with Crippen LogP contribution in [0.15, 0.2) is 54.6 Å². The van der Waals surface area contributed by atoms with E-state index in [2.05, 4.69) is 85.4 Å². The standard InChI is InChI=1S/C35H49N5O3/c1-4-5-9-31-23-29-8-6-7-10-32(29)35(37-31)43-22-19-40(2,3)26-33(39-16-15-30(25-39)34(36)41)28-13-11-27(12-14-28)24-38-17-20-42-21-18-38/h6-8,10-14,23,30,33H,4-5,9,15-22,24-26H2,1-3H3,(H-,36,41)/p+1. The number of unbranched alkanes of at least 4 members (excludes halogenated alkanes) is 1. The number of pyridine rings is 1. The maximum absolute atomic E-state index is 12.0. The third-order valence-corrected chi connectivity index (χ3v) is 9.08. The zero-order valence-corrected chi connectivity index (χ0v) is 26.3. The molecule has 1 amide bonds. The van der Waals surface area contributed by atoms with Crippen molar-refractivity contribution in [3.05, 3.63) is 71.4 Å². The second-order valence-corrected chi connectivity index (χ2v) is 13.0. The van der Waals surface area contributed by atoms with Gasteiger partial charge >= 0.3 is 0 Å². The minimum atomic E-state index is -0.190. The van der Waals surface area contributed by atoms with E-state index < -0.39 is 0 Å². The molecule has 2 N–H and O–H groups in total. The van der Waals surface area contributed by atoms with E-state index in [1.165, 1.54) is 16.5 Å². The highest BCUT2D eigenvalue weighted by Crippen LogP contribution is 2.31. The topological polar surface area (TPSA) is 80.9 Å². The van der Waals surface area contributed by atoms with E-state index in [-0.39, 0.29) is 17.9 Å². The normalized spacial score (nSPS) is 19.1. The molecule has 232 valence electrons. The van der Waals surface area contributed by atoms with Crippen LogP contribution in [0.4, 0.5) is 0 Å². The third kappa shape index (κ3) is 8.54. The largest absolute Gasteiger partial charge is 0.471 e. The lowest BCUT2D eigenvalue weighted by molar-refractivity contribution is -0.893. The molecule has 2 aromatic carbocycles. The fourth-order valence-corrected chi connectivity index (χ4v) is 6.36. The van der Waals surface area contributed by atoms with Gasteiger partial charge in [0.25, 0.3) is 0 Å². The van der Waals surface area contributed by atoms with E-state index in [9.17, 15) is 4.79 Å². The number of morpholine rings is 1. The first-order valence-electron chi connectivity index (χ1n) is 16.1. The smallest absolute Gasteiger partial charge is 0.221 e. The van der Waals surface area contributed by atoms with Gasteiger partial charge in [-0.3, -0.25) is 14.6 Å². The van der Waals surface area contributed by atoms with E-state index >= 15 is 0 Å². The Balaban J connectivity index is 1.27. The van der Waals surface area contributed by atoms with Crippen LogP contribution < -0.4 is 10.5 Å². The molecule has 5 rings (SSSR count). The molecular formula is C35H50N5O3+. The maximum Gasteiger partial charge on any atom is 0.221 e. The zero-order valence-electron chi connectivity index (χ0n) is 26.3. The third-order valence-electron chi connectivity index (χ3n) is 9.08. The van der Waals surface area contributed by atoms with Crippen molar-refractivity contribution in [1.29, 1.82) is 0 Å². The van der Waals surface area contributed by atoms with Gasteiger partial charge in [0.05, 0.1) is 45.8 Å². The predicted octanol–water partition coefficient (Wildman–Crippen LogP) is 4.41. The molecular weight excluding hydrogens is 538 g/mol. The highest BCUT2D eigenvalue weighted by atomic mass is 16.5. The van der Waals surface area contributed by atoms with Gasteiger partial charge in [0.2, 0.25) is 11.8 Å². The summed E-state index contributed by atoms with van der Waals surface area (Å²) in [7, 11) is 4.54. The number of hydrogen-bond donors (Lipinski definition) is 1. The van der Waals surface area contributed by atoms with Crippen LogP contribution in [0.1, 0.15) is 49.0 Å². The lowest BCUT2D eigenvalue weighted by Crippen LogP contribution is -2.49. The molecule has 0 bridgehead atoms. The molecule has 2 aliphatic heterocycles. The van der Waals surface area contributed by atoms with Crippen LogP contribution in [-0.4, -0.2) is 98.4 Å². The number of amides is 1. The summed E-state index contributed by atoms with van der Waals surface area (Å²) in [6.07, 6.45) is 4.06. The lowest BCUT2D eigenvalue weighted by Gasteiger charge is -2.37. The van der Waals surface area contributed by atoms with Crippen molar-refractivity contribution in [1.82, 2.24) is 14.8 Å². The highest BCUT2D eigenvalue weighted by molar-refractivity contribution is 5.87. The summed E-state index contributed by atoms with van der Waals surface area (Å²) in [6.45, 7) is 10.7. The Morgan fingerprint density at radius 1 is 1.12 bits per heavy atom. The summed E-state index contributed by atoms with van der Waals surface area (Å²) in [6, 6.07) is 19.9. The van der Waals surface area contributed by atoms with Crippen molar-refractivity contribution in [2.75, 3.05) is 73.2 Å². The highest BCUT2D eigenvalue weighted by Gasteiger charge is 2.35. The van der Waals surface area contributed by atoms with E-state index in [0.29, 0.717) is 13.2 Å². The minimum Gasteiger partial charge on any atom is -0.471 e. The summed E-state index contributed by atoms with van der Waals surface area (Å²) < 4.78 is 12.7. The first kappa shape index (κ1) is 31.4. The molecule has 0 spiro atoms. The van der Waals surface area contributed by atoms with E-state index in [0.717, 1.165) is 99.6 Å². The monoisotopic (exact) mass is 588 g/mol. The number of likely N-dealkylation sites (N-methyl/N-ethyl adjacent to an activating group) is 1. The Bertz CT molecular complexity index is 1340. The van der Waals surface area contributed by atoms with Gasteiger partial charge in [-0.25, -0.2) is 4.98 Å². The first-order chi connectivity index (χ1) is 20.8. The van der Waals surface area contributed by atoms with Gasteiger partial charge in [0, 0.05) is 37.3 Å². The summed E-state index contributed by atoms with van der Waals surface area (Å²) in [5.41, 5.74) is 9.44. The Morgan fingerprint density at radius 3 is 2.60 bits per heavy atom. The minimum absolute atomic E-state index is 0.0821. The van der Waals surface area contributed by atoms with Gasteiger partial charge < -0.3 is 19.7 Å². The summed E-state index contributed by atoms with van der Waals surface area (Å²) in [5, 5.41) is 2.25. The maximum atomic E-state index is 12.0. The molecule has 2 unspecified atom stereocenters. The van der Waals surface area contributed by atoms with Crippen LogP contribution in [0.25, 0.3) is 10.8 Å². The number of primary amides is 1. The van der Waals surface area contributed by atoms with E-state index in [4.69, 9.17) is 20.2 Å². The predicted molar refractivity (Wildman–Crippen MR) is 172 cm³/mol. The van der Waals surface area contributed by atoms with Crippen LogP contribution >= 0.6 is 0 Å². The van der Waals surface area contributed by atoms with Gasteiger partial charge in [-0.2, -0.15) is 0 Å². The van der Waals surface area contributed by atoms with Gasteiger partial charge in [-0.15, -0.1) is 0 Å². The number of nitrogens with two attached hydrogens (primary N) is 1. The first-order valence-corrected chi connectivity index (χ1v) is 16.1. The quantitative estimate of drug-likeness (QED) is 0.281. The number of fused-ring (bicyclic) bond motifs is 1. The molecule has 0 saturated carbocycles. The molecule has 3 heterocycles. The number of aryl methyl sites for hydroxylation is 1. The average molecular weight is 589 g/mol. The molecule has 2 fully saturated rings. The fourth-order valence-electron chi connectivity index (χ4n) is 6.36. The van der Waals surface area contributed by atoms with Crippen LogP contribution in [0.3, 0.4) is 0 Å². The number of hydrogen-bond acceptors (Lipinski definition) is 6. The van der Waals surface area contributed by atoms with Crippen molar-refractivity contribution >= 4 is 16.7 Å². The number of quaternary nitrogens is 1. The fraction of sp³-hybridized carbons (Fsp3) is 0.543. The Labute approximate surface area is 257 Å². The lowest BCUT2D eigenvalue weighted by atomic mass is 10.0. The molecule has 8 heteroatoms.